The van der Waals surface area contributed by atoms with Gasteiger partial charge in [-0.15, -0.1) is 0 Å². The minimum absolute atomic E-state index is 0.574. The third kappa shape index (κ3) is 5.70. The predicted molar refractivity (Wildman–Crippen MR) is 275 cm³/mol. The molecule has 0 bridgehead atoms. The fourth-order valence-corrected chi connectivity index (χ4v) is 12.2. The van der Waals surface area contributed by atoms with Crippen LogP contribution in [-0.2, 0) is 5.41 Å². The van der Waals surface area contributed by atoms with Gasteiger partial charge in [0.1, 0.15) is 0 Å². The number of fused-ring (bicyclic) bond motifs is 14. The second-order valence-corrected chi connectivity index (χ2v) is 23.7. The first-order valence-corrected chi connectivity index (χ1v) is 26.0. The SMILES string of the molecule is Cc1cccc(N(c2ccccc2)c2ccc3c4c(ccc3c2)-c2c(cc(N(c3ccccc3)c3cccc([Si](C)(C)C)c3)c3ccccc23)C42c3ccccc3-c3ccccc32)c1. The fraction of sp³-hybridized carbons (Fsp3) is 0.0820. The standard InChI is InChI=1S/C61H48N2Si/c1-41-19-17-24-45(37-41)62(43-20-7-5-8-21-43)47-34-36-49-42(38-47)33-35-54-59-53-30-12-11-29-52(53)58(63(44-22-9-6-10-23-44)46-25-18-26-48(39-46)64(2,3)4)40-57(59)61(60(49)54)55-31-15-13-27-50(55)51-28-14-16-32-56(51)61/h5-40H,1-4H3. The van der Waals surface area contributed by atoms with E-state index in [1.807, 2.05) is 0 Å². The summed E-state index contributed by atoms with van der Waals surface area (Å²) in [5.41, 5.74) is 18.2. The number of aryl methyl sites for hydroxylation is 1. The van der Waals surface area contributed by atoms with Crippen molar-refractivity contribution in [2.75, 3.05) is 9.80 Å². The van der Waals surface area contributed by atoms with Crippen molar-refractivity contribution in [2.45, 2.75) is 32.0 Å². The molecule has 10 aromatic rings. The molecule has 0 atom stereocenters. The Hall–Kier alpha value is -7.46. The van der Waals surface area contributed by atoms with Crippen molar-refractivity contribution in [3.05, 3.63) is 246 Å². The van der Waals surface area contributed by atoms with Crippen molar-refractivity contribution in [1.29, 1.82) is 0 Å². The van der Waals surface area contributed by atoms with E-state index in [-0.39, 0.29) is 0 Å². The lowest BCUT2D eigenvalue weighted by molar-refractivity contribution is 0.802. The van der Waals surface area contributed by atoms with Gasteiger partial charge in [-0.1, -0.05) is 176 Å². The van der Waals surface area contributed by atoms with E-state index in [1.165, 1.54) is 88.2 Å². The molecule has 0 radical (unpaired) electrons. The minimum atomic E-state index is -1.64. The highest BCUT2D eigenvalue weighted by molar-refractivity contribution is 6.88. The van der Waals surface area contributed by atoms with E-state index in [9.17, 15) is 0 Å². The Balaban J connectivity index is 1.18. The molecule has 2 nitrogen and oxygen atoms in total. The highest BCUT2D eigenvalue weighted by Gasteiger charge is 2.53. The van der Waals surface area contributed by atoms with Gasteiger partial charge in [-0.2, -0.15) is 0 Å². The van der Waals surface area contributed by atoms with Crippen LogP contribution >= 0.6 is 0 Å². The van der Waals surface area contributed by atoms with Gasteiger partial charge in [-0.3, -0.25) is 0 Å². The average Bonchev–Trinajstić information content (AvgIpc) is 3.80. The van der Waals surface area contributed by atoms with Crippen LogP contribution in [0.25, 0.3) is 43.8 Å². The third-order valence-corrected chi connectivity index (χ3v) is 15.8. The Morgan fingerprint density at radius 1 is 0.375 bits per heavy atom. The van der Waals surface area contributed by atoms with Crippen LogP contribution in [0.4, 0.5) is 34.1 Å². The first-order valence-electron chi connectivity index (χ1n) is 22.5. The first-order chi connectivity index (χ1) is 31.3. The molecule has 0 unspecified atom stereocenters. The van der Waals surface area contributed by atoms with Gasteiger partial charge in [0.2, 0.25) is 0 Å². The molecule has 12 rings (SSSR count). The number of para-hydroxylation sites is 2. The van der Waals surface area contributed by atoms with Gasteiger partial charge in [0, 0.05) is 33.8 Å². The van der Waals surface area contributed by atoms with Crippen molar-refractivity contribution >= 4 is 68.9 Å². The second-order valence-electron chi connectivity index (χ2n) is 18.6. The number of hydrogen-bond acceptors (Lipinski definition) is 2. The maximum Gasteiger partial charge on any atom is 0.0776 e. The summed E-state index contributed by atoms with van der Waals surface area (Å²) in [6.45, 7) is 9.49. The highest BCUT2D eigenvalue weighted by Crippen LogP contribution is 2.66. The zero-order valence-electron chi connectivity index (χ0n) is 36.7. The molecular formula is C61H48N2Si. The number of rotatable bonds is 7. The average molecular weight is 837 g/mol. The molecule has 0 aliphatic heterocycles. The molecule has 2 aliphatic rings. The van der Waals surface area contributed by atoms with Gasteiger partial charge >= 0.3 is 0 Å². The normalized spacial score (nSPS) is 13.1. The lowest BCUT2D eigenvalue weighted by Gasteiger charge is -2.34. The zero-order valence-corrected chi connectivity index (χ0v) is 37.7. The summed E-state index contributed by atoms with van der Waals surface area (Å²) in [5.74, 6) is 0. The Morgan fingerprint density at radius 2 is 0.938 bits per heavy atom. The molecule has 0 saturated carbocycles. The van der Waals surface area contributed by atoms with Gasteiger partial charge in [0.15, 0.2) is 0 Å². The smallest absolute Gasteiger partial charge is 0.0776 e. The molecule has 3 heteroatoms. The Labute approximate surface area is 377 Å². The monoisotopic (exact) mass is 836 g/mol. The van der Waals surface area contributed by atoms with Gasteiger partial charge < -0.3 is 9.80 Å². The molecule has 0 N–H and O–H groups in total. The second kappa shape index (κ2) is 14.6. The van der Waals surface area contributed by atoms with Crippen LogP contribution in [0.5, 0.6) is 0 Å². The van der Waals surface area contributed by atoms with Crippen molar-refractivity contribution in [1.82, 2.24) is 0 Å². The number of nitrogens with zero attached hydrogens (tertiary/aromatic N) is 2. The van der Waals surface area contributed by atoms with Crippen LogP contribution in [0, 0.1) is 6.92 Å². The quantitative estimate of drug-likeness (QED) is 0.148. The third-order valence-electron chi connectivity index (χ3n) is 13.8. The summed E-state index contributed by atoms with van der Waals surface area (Å²) < 4.78 is 0. The molecule has 0 fully saturated rings. The van der Waals surface area contributed by atoms with Crippen LogP contribution < -0.4 is 15.0 Å². The Morgan fingerprint density at radius 3 is 1.61 bits per heavy atom. The summed E-state index contributed by atoms with van der Waals surface area (Å²) in [4.78, 5) is 4.91. The van der Waals surface area contributed by atoms with Gasteiger partial charge in [-0.25, -0.2) is 0 Å². The first kappa shape index (κ1) is 38.2. The molecule has 0 heterocycles. The molecule has 1 spiro atoms. The predicted octanol–water partition coefficient (Wildman–Crippen LogP) is 16.1. The molecule has 64 heavy (non-hydrogen) atoms. The van der Waals surface area contributed by atoms with Crippen molar-refractivity contribution < 1.29 is 0 Å². The van der Waals surface area contributed by atoms with Crippen molar-refractivity contribution in [3.8, 4) is 22.3 Å². The largest absolute Gasteiger partial charge is 0.310 e. The topological polar surface area (TPSA) is 6.48 Å². The van der Waals surface area contributed by atoms with E-state index in [0.29, 0.717) is 0 Å². The molecule has 306 valence electrons. The van der Waals surface area contributed by atoms with Crippen LogP contribution in [0.3, 0.4) is 0 Å². The lowest BCUT2D eigenvalue weighted by Crippen LogP contribution is -2.37. The van der Waals surface area contributed by atoms with E-state index in [0.717, 1.165) is 22.7 Å². The Bertz CT molecular complexity index is 3410. The number of benzene rings is 10. The summed E-state index contributed by atoms with van der Waals surface area (Å²) in [7, 11) is -1.64. The van der Waals surface area contributed by atoms with Crippen LogP contribution in [0.2, 0.25) is 19.6 Å². The lowest BCUT2D eigenvalue weighted by atomic mass is 9.69. The maximum atomic E-state index is 2.57. The van der Waals surface area contributed by atoms with E-state index in [4.69, 9.17) is 0 Å². The fourth-order valence-electron chi connectivity index (χ4n) is 11.0. The Kier molecular flexibility index (Phi) is 8.69. The summed E-state index contributed by atoms with van der Waals surface area (Å²) in [6.07, 6.45) is 0. The van der Waals surface area contributed by atoms with Gasteiger partial charge in [0.05, 0.1) is 19.2 Å². The van der Waals surface area contributed by atoms with Gasteiger partial charge in [0.25, 0.3) is 0 Å². The summed E-state index contributed by atoms with van der Waals surface area (Å²) in [5, 5.41) is 6.44. The molecule has 2 aliphatic carbocycles. The molecule has 0 saturated heterocycles. The molecule has 0 amide bonds. The molecule has 10 aromatic carbocycles. The van der Waals surface area contributed by atoms with E-state index >= 15 is 0 Å². The van der Waals surface area contributed by atoms with E-state index in [2.05, 4.69) is 255 Å². The van der Waals surface area contributed by atoms with E-state index in [1.54, 1.807) is 0 Å². The van der Waals surface area contributed by atoms with Crippen molar-refractivity contribution in [3.63, 3.8) is 0 Å². The van der Waals surface area contributed by atoms with Crippen LogP contribution in [0.1, 0.15) is 27.8 Å². The number of hydrogen-bond donors (Lipinski definition) is 0. The summed E-state index contributed by atoms with van der Waals surface area (Å²) in [6, 6.07) is 81.9. The molecular weight excluding hydrogens is 789 g/mol. The summed E-state index contributed by atoms with van der Waals surface area (Å²) >= 11 is 0. The molecule has 0 aromatic heterocycles. The minimum Gasteiger partial charge on any atom is -0.310 e. The van der Waals surface area contributed by atoms with Crippen LogP contribution in [0.15, 0.2) is 218 Å². The van der Waals surface area contributed by atoms with Crippen LogP contribution in [-0.4, -0.2) is 8.07 Å². The van der Waals surface area contributed by atoms with Crippen molar-refractivity contribution in [2.24, 2.45) is 0 Å². The highest BCUT2D eigenvalue weighted by atomic mass is 28.3. The zero-order chi connectivity index (χ0) is 43.2. The number of anilines is 6. The van der Waals surface area contributed by atoms with Gasteiger partial charge in [-0.05, 0) is 140 Å². The maximum absolute atomic E-state index is 2.57. The van der Waals surface area contributed by atoms with E-state index < -0.39 is 13.5 Å².